The van der Waals surface area contributed by atoms with Crippen molar-refractivity contribution in [1.82, 2.24) is 10.2 Å². The minimum atomic E-state index is -0.0573. The van der Waals surface area contributed by atoms with E-state index in [9.17, 15) is 4.79 Å². The molecule has 0 saturated carbocycles. The molecule has 0 aliphatic carbocycles. The molecule has 1 fully saturated rings. The van der Waals surface area contributed by atoms with Crippen LogP contribution in [0.25, 0.3) is 0 Å². The Morgan fingerprint density at radius 2 is 1.92 bits per heavy atom. The quantitative estimate of drug-likeness (QED) is 0.604. The zero-order chi connectivity index (χ0) is 9.84. The summed E-state index contributed by atoms with van der Waals surface area (Å²) in [4.78, 5) is 13.7. The highest BCUT2D eigenvalue weighted by molar-refractivity contribution is 5.79. The summed E-state index contributed by atoms with van der Waals surface area (Å²) in [5.41, 5.74) is 5.68. The normalized spacial score (nSPS) is 22.5. The van der Waals surface area contributed by atoms with Crippen molar-refractivity contribution in [1.29, 1.82) is 0 Å². The molecule has 4 heteroatoms. The molecule has 1 aliphatic rings. The van der Waals surface area contributed by atoms with Crippen LogP contribution in [0, 0.1) is 5.92 Å². The molecule has 0 aromatic rings. The van der Waals surface area contributed by atoms with Gasteiger partial charge in [-0.2, -0.15) is 0 Å². The largest absolute Gasteiger partial charge is 0.340 e. The van der Waals surface area contributed by atoms with Crippen LogP contribution in [0.4, 0.5) is 0 Å². The number of carbonyl (C=O) groups is 1. The maximum atomic E-state index is 11.8. The number of amides is 1. The summed E-state index contributed by atoms with van der Waals surface area (Å²) in [6.45, 7) is 7.21. The Hall–Kier alpha value is -0.610. The second-order valence-electron chi connectivity index (χ2n) is 3.72. The van der Waals surface area contributed by atoms with Crippen molar-refractivity contribution in [3.63, 3.8) is 0 Å². The standard InChI is InChI=1S/C9H19N3O/c1-7(8(2)10)9(13)12-5-3-11-4-6-12/h7-8,11H,3-6,10H2,1-2H3. The van der Waals surface area contributed by atoms with Crippen LogP contribution in [0.15, 0.2) is 0 Å². The van der Waals surface area contributed by atoms with Crippen molar-refractivity contribution in [2.45, 2.75) is 19.9 Å². The molecule has 3 N–H and O–H groups in total. The van der Waals surface area contributed by atoms with Crippen LogP contribution < -0.4 is 11.1 Å². The third-order valence-electron chi connectivity index (χ3n) is 2.61. The Morgan fingerprint density at radius 1 is 1.38 bits per heavy atom. The zero-order valence-corrected chi connectivity index (χ0v) is 8.42. The van der Waals surface area contributed by atoms with Crippen LogP contribution in [0.1, 0.15) is 13.8 Å². The Labute approximate surface area is 79.5 Å². The van der Waals surface area contributed by atoms with Gasteiger partial charge in [0.05, 0.1) is 5.92 Å². The lowest BCUT2D eigenvalue weighted by Crippen LogP contribution is -2.50. The maximum Gasteiger partial charge on any atom is 0.227 e. The number of nitrogens with zero attached hydrogens (tertiary/aromatic N) is 1. The Bertz CT molecular complexity index is 176. The van der Waals surface area contributed by atoms with E-state index in [4.69, 9.17) is 5.73 Å². The molecule has 1 rings (SSSR count). The van der Waals surface area contributed by atoms with E-state index in [0.717, 1.165) is 26.2 Å². The third kappa shape index (κ3) is 2.67. The lowest BCUT2D eigenvalue weighted by molar-refractivity contribution is -0.136. The van der Waals surface area contributed by atoms with Crippen LogP contribution in [0.3, 0.4) is 0 Å². The van der Waals surface area contributed by atoms with Crippen LogP contribution >= 0.6 is 0 Å². The van der Waals surface area contributed by atoms with Crippen LogP contribution in [-0.4, -0.2) is 43.0 Å². The van der Waals surface area contributed by atoms with Crippen LogP contribution in [-0.2, 0) is 4.79 Å². The molecule has 0 radical (unpaired) electrons. The van der Waals surface area contributed by atoms with Crippen molar-refractivity contribution in [2.75, 3.05) is 26.2 Å². The number of hydrogen-bond acceptors (Lipinski definition) is 3. The van der Waals surface area contributed by atoms with E-state index >= 15 is 0 Å². The first-order valence-electron chi connectivity index (χ1n) is 4.88. The topological polar surface area (TPSA) is 58.4 Å². The van der Waals surface area contributed by atoms with E-state index < -0.39 is 0 Å². The molecule has 0 spiro atoms. The highest BCUT2D eigenvalue weighted by Crippen LogP contribution is 2.06. The highest BCUT2D eigenvalue weighted by atomic mass is 16.2. The van der Waals surface area contributed by atoms with E-state index in [1.54, 1.807) is 0 Å². The van der Waals surface area contributed by atoms with Crippen molar-refractivity contribution in [3.8, 4) is 0 Å². The Morgan fingerprint density at radius 3 is 2.38 bits per heavy atom. The first kappa shape index (κ1) is 10.5. The fourth-order valence-electron chi connectivity index (χ4n) is 1.40. The number of carbonyl (C=O) groups excluding carboxylic acids is 1. The van der Waals surface area contributed by atoms with Gasteiger partial charge in [0, 0.05) is 32.2 Å². The molecule has 76 valence electrons. The Balaban J connectivity index is 2.45. The number of rotatable bonds is 2. The van der Waals surface area contributed by atoms with Crippen molar-refractivity contribution in [2.24, 2.45) is 11.7 Å². The summed E-state index contributed by atoms with van der Waals surface area (Å²) in [6, 6.07) is -0.0533. The fourth-order valence-corrected chi connectivity index (χ4v) is 1.40. The van der Waals surface area contributed by atoms with Gasteiger partial charge in [-0.05, 0) is 6.92 Å². The summed E-state index contributed by atoms with van der Waals surface area (Å²) >= 11 is 0. The predicted molar refractivity (Wildman–Crippen MR) is 52.3 cm³/mol. The lowest BCUT2D eigenvalue weighted by atomic mass is 10.0. The average Bonchev–Trinajstić information content (AvgIpc) is 2.17. The average molecular weight is 185 g/mol. The molecule has 13 heavy (non-hydrogen) atoms. The van der Waals surface area contributed by atoms with Gasteiger partial charge in [0.1, 0.15) is 0 Å². The third-order valence-corrected chi connectivity index (χ3v) is 2.61. The summed E-state index contributed by atoms with van der Waals surface area (Å²) in [5, 5.41) is 3.21. The summed E-state index contributed by atoms with van der Waals surface area (Å²) in [6.07, 6.45) is 0. The van der Waals surface area contributed by atoms with E-state index in [0.29, 0.717) is 0 Å². The molecule has 1 amide bonds. The van der Waals surface area contributed by atoms with E-state index in [-0.39, 0.29) is 17.9 Å². The molecule has 2 unspecified atom stereocenters. The molecule has 0 bridgehead atoms. The molecule has 0 aromatic carbocycles. The van der Waals surface area contributed by atoms with Gasteiger partial charge in [0.15, 0.2) is 0 Å². The zero-order valence-electron chi connectivity index (χ0n) is 8.42. The molecule has 2 atom stereocenters. The first-order chi connectivity index (χ1) is 6.13. The lowest BCUT2D eigenvalue weighted by Gasteiger charge is -2.30. The minimum absolute atomic E-state index is 0.0533. The van der Waals surface area contributed by atoms with Gasteiger partial charge in [-0.25, -0.2) is 0 Å². The van der Waals surface area contributed by atoms with Crippen molar-refractivity contribution >= 4 is 5.91 Å². The van der Waals surface area contributed by atoms with Gasteiger partial charge in [-0.3, -0.25) is 4.79 Å². The van der Waals surface area contributed by atoms with E-state index in [1.807, 2.05) is 18.7 Å². The van der Waals surface area contributed by atoms with Crippen molar-refractivity contribution in [3.05, 3.63) is 0 Å². The van der Waals surface area contributed by atoms with Crippen LogP contribution in [0.2, 0.25) is 0 Å². The van der Waals surface area contributed by atoms with Gasteiger partial charge in [-0.1, -0.05) is 6.92 Å². The summed E-state index contributed by atoms with van der Waals surface area (Å²) in [7, 11) is 0. The molecule has 0 aromatic heterocycles. The molecular weight excluding hydrogens is 166 g/mol. The number of hydrogen-bond donors (Lipinski definition) is 2. The van der Waals surface area contributed by atoms with Crippen LogP contribution in [0.5, 0.6) is 0 Å². The SMILES string of the molecule is CC(N)C(C)C(=O)N1CCNCC1. The van der Waals surface area contributed by atoms with Gasteiger partial charge in [-0.15, -0.1) is 0 Å². The minimum Gasteiger partial charge on any atom is -0.340 e. The second-order valence-corrected chi connectivity index (χ2v) is 3.72. The van der Waals surface area contributed by atoms with E-state index in [1.165, 1.54) is 0 Å². The molecular formula is C9H19N3O. The van der Waals surface area contributed by atoms with Gasteiger partial charge >= 0.3 is 0 Å². The van der Waals surface area contributed by atoms with Gasteiger partial charge in [0.25, 0.3) is 0 Å². The molecule has 1 heterocycles. The summed E-state index contributed by atoms with van der Waals surface area (Å²) in [5.74, 6) is 0.134. The second kappa shape index (κ2) is 4.58. The van der Waals surface area contributed by atoms with Gasteiger partial charge < -0.3 is 16.0 Å². The monoisotopic (exact) mass is 185 g/mol. The van der Waals surface area contributed by atoms with Gasteiger partial charge in [0.2, 0.25) is 5.91 Å². The van der Waals surface area contributed by atoms with Crippen molar-refractivity contribution < 1.29 is 4.79 Å². The smallest absolute Gasteiger partial charge is 0.227 e. The first-order valence-corrected chi connectivity index (χ1v) is 4.88. The number of nitrogens with two attached hydrogens (primary N) is 1. The van der Waals surface area contributed by atoms with E-state index in [2.05, 4.69) is 5.32 Å². The number of nitrogens with one attached hydrogen (secondary N) is 1. The maximum absolute atomic E-state index is 11.8. The highest BCUT2D eigenvalue weighted by Gasteiger charge is 2.23. The fraction of sp³-hybridized carbons (Fsp3) is 0.889. The molecule has 1 aliphatic heterocycles. The summed E-state index contributed by atoms with van der Waals surface area (Å²) < 4.78 is 0. The number of piperazine rings is 1. The molecule has 4 nitrogen and oxygen atoms in total. The predicted octanol–water partition coefficient (Wildman–Crippen LogP) is -0.598. The Kier molecular flexibility index (Phi) is 3.69. The molecule has 1 saturated heterocycles.